The standard InChI is InChI=1S/C22H21N3O3/c1-14-9-15(2)11-16(10-14)25-8-7-24-13-19(23-21(24)22(25)26)18-12-17(27-3)5-6-20(18)28-4/h5-13H,1-4H3. The summed E-state index contributed by atoms with van der Waals surface area (Å²) in [7, 11) is 3.21. The third-order valence-corrected chi connectivity index (χ3v) is 4.69. The van der Waals surface area contributed by atoms with Crippen molar-refractivity contribution in [3.05, 3.63) is 76.5 Å². The Morgan fingerprint density at radius 3 is 2.36 bits per heavy atom. The summed E-state index contributed by atoms with van der Waals surface area (Å²) in [4.78, 5) is 17.7. The monoisotopic (exact) mass is 375 g/mol. The first-order chi connectivity index (χ1) is 13.5. The van der Waals surface area contributed by atoms with E-state index in [9.17, 15) is 4.79 Å². The van der Waals surface area contributed by atoms with Crippen molar-refractivity contribution >= 4 is 5.65 Å². The van der Waals surface area contributed by atoms with Gasteiger partial charge >= 0.3 is 0 Å². The van der Waals surface area contributed by atoms with Crippen LogP contribution in [0.15, 0.2) is 59.8 Å². The summed E-state index contributed by atoms with van der Waals surface area (Å²) in [6, 6.07) is 11.6. The summed E-state index contributed by atoms with van der Waals surface area (Å²) in [5.74, 6) is 1.36. The van der Waals surface area contributed by atoms with Crippen LogP contribution >= 0.6 is 0 Å². The molecule has 0 aliphatic carbocycles. The summed E-state index contributed by atoms with van der Waals surface area (Å²) in [6.07, 6.45) is 5.41. The number of aryl methyl sites for hydroxylation is 2. The number of hydrogen-bond acceptors (Lipinski definition) is 4. The maximum Gasteiger partial charge on any atom is 0.298 e. The largest absolute Gasteiger partial charge is 0.497 e. The van der Waals surface area contributed by atoms with Crippen LogP contribution in [0.5, 0.6) is 11.5 Å². The molecular weight excluding hydrogens is 354 g/mol. The predicted molar refractivity (Wildman–Crippen MR) is 109 cm³/mol. The Bertz CT molecular complexity index is 1220. The van der Waals surface area contributed by atoms with Gasteiger partial charge in [0, 0.05) is 29.8 Å². The molecule has 2 aromatic heterocycles. The molecule has 28 heavy (non-hydrogen) atoms. The van der Waals surface area contributed by atoms with E-state index in [1.165, 1.54) is 0 Å². The second-order valence-electron chi connectivity index (χ2n) is 6.74. The minimum atomic E-state index is -0.180. The van der Waals surface area contributed by atoms with Crippen LogP contribution in [0, 0.1) is 13.8 Å². The molecule has 0 saturated carbocycles. The van der Waals surface area contributed by atoms with Crippen LogP contribution in [0.25, 0.3) is 22.6 Å². The van der Waals surface area contributed by atoms with Gasteiger partial charge in [0.05, 0.1) is 19.9 Å². The molecule has 0 aliphatic rings. The fourth-order valence-electron chi connectivity index (χ4n) is 3.42. The highest BCUT2D eigenvalue weighted by atomic mass is 16.5. The lowest BCUT2D eigenvalue weighted by molar-refractivity contribution is 0.404. The van der Waals surface area contributed by atoms with Crippen molar-refractivity contribution in [3.63, 3.8) is 0 Å². The zero-order valence-corrected chi connectivity index (χ0v) is 16.3. The predicted octanol–water partition coefficient (Wildman–Crippen LogP) is 3.79. The first kappa shape index (κ1) is 17.9. The first-order valence-electron chi connectivity index (χ1n) is 8.91. The van der Waals surface area contributed by atoms with Crippen LogP contribution < -0.4 is 15.0 Å². The second kappa shape index (κ2) is 6.88. The Morgan fingerprint density at radius 2 is 1.68 bits per heavy atom. The van der Waals surface area contributed by atoms with Crippen LogP contribution in [0.2, 0.25) is 0 Å². The average Bonchev–Trinajstić information content (AvgIpc) is 3.12. The van der Waals surface area contributed by atoms with Gasteiger partial charge in [-0.2, -0.15) is 0 Å². The number of aromatic nitrogens is 3. The van der Waals surface area contributed by atoms with E-state index in [1.807, 2.05) is 56.6 Å². The van der Waals surface area contributed by atoms with E-state index < -0.39 is 0 Å². The normalized spacial score (nSPS) is 11.0. The highest BCUT2D eigenvalue weighted by Gasteiger charge is 2.14. The molecule has 0 amide bonds. The van der Waals surface area contributed by atoms with Gasteiger partial charge in [-0.15, -0.1) is 0 Å². The SMILES string of the molecule is COc1ccc(OC)c(-c2cn3ccn(-c4cc(C)cc(C)c4)c(=O)c3n2)c1. The Labute approximate surface area is 162 Å². The zero-order chi connectivity index (χ0) is 19.8. The third-order valence-electron chi connectivity index (χ3n) is 4.69. The van der Waals surface area contributed by atoms with Crippen molar-refractivity contribution in [2.45, 2.75) is 13.8 Å². The summed E-state index contributed by atoms with van der Waals surface area (Å²) in [6.45, 7) is 4.03. The molecule has 4 rings (SSSR count). The van der Waals surface area contributed by atoms with Gasteiger partial charge in [-0.05, 0) is 55.3 Å². The van der Waals surface area contributed by atoms with Gasteiger partial charge < -0.3 is 13.9 Å². The fourth-order valence-corrected chi connectivity index (χ4v) is 3.42. The molecule has 142 valence electrons. The van der Waals surface area contributed by atoms with Gasteiger partial charge in [0.15, 0.2) is 0 Å². The van der Waals surface area contributed by atoms with Crippen LogP contribution in [-0.2, 0) is 0 Å². The number of methoxy groups -OCH3 is 2. The molecule has 0 N–H and O–H groups in total. The van der Waals surface area contributed by atoms with E-state index in [1.54, 1.807) is 29.4 Å². The number of nitrogens with zero attached hydrogens (tertiary/aromatic N) is 3. The lowest BCUT2D eigenvalue weighted by Gasteiger charge is -2.08. The lowest BCUT2D eigenvalue weighted by Crippen LogP contribution is -2.20. The highest BCUT2D eigenvalue weighted by Crippen LogP contribution is 2.32. The number of fused-ring (bicyclic) bond motifs is 1. The number of rotatable bonds is 4. The molecule has 0 spiro atoms. The Hall–Kier alpha value is -3.54. The second-order valence-corrected chi connectivity index (χ2v) is 6.74. The van der Waals surface area contributed by atoms with E-state index in [0.717, 1.165) is 22.4 Å². The van der Waals surface area contributed by atoms with E-state index in [-0.39, 0.29) is 5.56 Å². The topological polar surface area (TPSA) is 57.8 Å². The van der Waals surface area contributed by atoms with Crippen molar-refractivity contribution < 1.29 is 9.47 Å². The molecule has 0 bridgehead atoms. The number of hydrogen-bond donors (Lipinski definition) is 0. The van der Waals surface area contributed by atoms with Gasteiger partial charge in [0.2, 0.25) is 5.65 Å². The van der Waals surface area contributed by atoms with Gasteiger partial charge in [0.1, 0.15) is 11.5 Å². The minimum Gasteiger partial charge on any atom is -0.497 e. The molecule has 6 heteroatoms. The fraction of sp³-hybridized carbons (Fsp3) is 0.182. The minimum absolute atomic E-state index is 0.180. The quantitative estimate of drug-likeness (QED) is 0.545. The van der Waals surface area contributed by atoms with E-state index >= 15 is 0 Å². The molecular formula is C22H21N3O3. The molecule has 0 radical (unpaired) electrons. The summed E-state index contributed by atoms with van der Waals surface area (Å²) in [5, 5.41) is 0. The van der Waals surface area contributed by atoms with Crippen molar-refractivity contribution in [1.29, 1.82) is 0 Å². The summed E-state index contributed by atoms with van der Waals surface area (Å²) < 4.78 is 14.1. The Kier molecular flexibility index (Phi) is 4.39. The van der Waals surface area contributed by atoms with Crippen molar-refractivity contribution in [2.75, 3.05) is 14.2 Å². The van der Waals surface area contributed by atoms with Gasteiger partial charge in [-0.25, -0.2) is 4.98 Å². The van der Waals surface area contributed by atoms with Gasteiger partial charge in [-0.3, -0.25) is 9.36 Å². The first-order valence-corrected chi connectivity index (χ1v) is 8.91. The van der Waals surface area contributed by atoms with E-state index in [0.29, 0.717) is 22.8 Å². The molecule has 6 nitrogen and oxygen atoms in total. The molecule has 0 fully saturated rings. The molecule has 4 aromatic rings. The summed E-state index contributed by atoms with van der Waals surface area (Å²) >= 11 is 0. The molecule has 2 aromatic carbocycles. The Balaban J connectivity index is 1.90. The maximum atomic E-state index is 13.1. The van der Waals surface area contributed by atoms with Crippen LogP contribution in [0.4, 0.5) is 0 Å². The highest BCUT2D eigenvalue weighted by molar-refractivity contribution is 5.70. The van der Waals surface area contributed by atoms with E-state index in [4.69, 9.17) is 9.47 Å². The van der Waals surface area contributed by atoms with E-state index in [2.05, 4.69) is 11.1 Å². The number of imidazole rings is 1. The number of ether oxygens (including phenoxy) is 2. The maximum absolute atomic E-state index is 13.1. The lowest BCUT2D eigenvalue weighted by atomic mass is 10.1. The van der Waals surface area contributed by atoms with Crippen LogP contribution in [0.1, 0.15) is 11.1 Å². The summed E-state index contributed by atoms with van der Waals surface area (Å²) in [5.41, 5.74) is 4.61. The molecule has 2 heterocycles. The van der Waals surface area contributed by atoms with Gasteiger partial charge in [0.25, 0.3) is 5.56 Å². The zero-order valence-electron chi connectivity index (χ0n) is 16.3. The molecule has 0 aliphatic heterocycles. The third kappa shape index (κ3) is 3.03. The van der Waals surface area contributed by atoms with Crippen molar-refractivity contribution in [1.82, 2.24) is 14.0 Å². The molecule has 0 atom stereocenters. The molecule has 0 unspecified atom stereocenters. The van der Waals surface area contributed by atoms with Crippen molar-refractivity contribution in [2.24, 2.45) is 0 Å². The van der Waals surface area contributed by atoms with Gasteiger partial charge in [-0.1, -0.05) is 6.07 Å². The Morgan fingerprint density at radius 1 is 0.929 bits per heavy atom. The average molecular weight is 375 g/mol. The van der Waals surface area contributed by atoms with Crippen LogP contribution in [0.3, 0.4) is 0 Å². The smallest absolute Gasteiger partial charge is 0.298 e. The van der Waals surface area contributed by atoms with Crippen molar-refractivity contribution in [3.8, 4) is 28.4 Å². The number of benzene rings is 2. The molecule has 0 saturated heterocycles. The van der Waals surface area contributed by atoms with Crippen LogP contribution in [-0.4, -0.2) is 28.2 Å².